The van der Waals surface area contributed by atoms with E-state index in [1.165, 1.54) is 4.31 Å². The lowest BCUT2D eigenvalue weighted by molar-refractivity contribution is 0.0943. The Hall–Kier alpha value is -2.23. The molecule has 0 radical (unpaired) electrons. The lowest BCUT2D eigenvalue weighted by Gasteiger charge is -2.27. The number of amides is 1. The average molecular weight is 418 g/mol. The van der Waals surface area contributed by atoms with E-state index in [4.69, 9.17) is 0 Å². The molecule has 1 atom stereocenters. The molecule has 156 valence electrons. The Kier molecular flexibility index (Phi) is 5.71. The first kappa shape index (κ1) is 20.1. The topological polar surface area (TPSA) is 107 Å². The van der Waals surface area contributed by atoms with Crippen LogP contribution < -0.4 is 10.6 Å². The van der Waals surface area contributed by atoms with Crippen LogP contribution in [0.15, 0.2) is 29.3 Å². The molecule has 0 spiro atoms. The van der Waals surface area contributed by atoms with Gasteiger partial charge in [0.2, 0.25) is 5.03 Å². The third-order valence-electron chi connectivity index (χ3n) is 5.74. The van der Waals surface area contributed by atoms with E-state index in [0.29, 0.717) is 25.2 Å². The van der Waals surface area contributed by atoms with Crippen LogP contribution in [-0.2, 0) is 23.0 Å². The van der Waals surface area contributed by atoms with Crippen molar-refractivity contribution in [2.75, 3.05) is 19.6 Å². The number of carbonyl (C=O) groups is 1. The third kappa shape index (κ3) is 4.08. The quantitative estimate of drug-likeness (QED) is 0.681. The molecule has 8 nitrogen and oxygen atoms in total. The fourth-order valence-corrected chi connectivity index (χ4v) is 5.61. The van der Waals surface area contributed by atoms with Gasteiger partial charge in [-0.05, 0) is 43.9 Å². The van der Waals surface area contributed by atoms with E-state index >= 15 is 0 Å². The number of aromatic nitrogens is 2. The van der Waals surface area contributed by atoms with Gasteiger partial charge in [-0.1, -0.05) is 30.7 Å². The van der Waals surface area contributed by atoms with E-state index in [-0.39, 0.29) is 23.2 Å². The maximum absolute atomic E-state index is 13.3. The van der Waals surface area contributed by atoms with Crippen molar-refractivity contribution in [2.45, 2.75) is 50.2 Å². The molecule has 0 bridgehead atoms. The summed E-state index contributed by atoms with van der Waals surface area (Å²) in [7, 11) is -3.89. The Labute approximate surface area is 171 Å². The molecule has 1 amide bonds. The van der Waals surface area contributed by atoms with Gasteiger partial charge in [0, 0.05) is 31.4 Å². The predicted molar refractivity (Wildman–Crippen MR) is 109 cm³/mol. The van der Waals surface area contributed by atoms with Gasteiger partial charge in [-0.3, -0.25) is 9.89 Å². The lowest BCUT2D eigenvalue weighted by Crippen LogP contribution is -2.44. The minimum atomic E-state index is -3.89. The van der Waals surface area contributed by atoms with Gasteiger partial charge in [0.05, 0.1) is 0 Å². The first-order chi connectivity index (χ1) is 14.0. The number of nitrogens with zero attached hydrogens (tertiary/aromatic N) is 2. The summed E-state index contributed by atoms with van der Waals surface area (Å²) in [6, 6.07) is 8.06. The standard InChI is InChI=1S/C20H27N5O3S/c1-14-18(19(26)22-12-17-8-4-5-10-21-17)20(24-23-14)29(27,28)25-11-9-15-6-2-3-7-16(15)13-25/h2-3,6-7,17,21H,4-5,8-13H2,1H3,(H,22,26)(H,23,24)/t17-/m1/s1. The van der Waals surface area contributed by atoms with Crippen molar-refractivity contribution < 1.29 is 13.2 Å². The molecule has 1 saturated heterocycles. The largest absolute Gasteiger partial charge is 0.350 e. The van der Waals surface area contributed by atoms with Gasteiger partial charge in [0.25, 0.3) is 15.9 Å². The number of carbonyl (C=O) groups excluding carboxylic acids is 1. The molecule has 0 unspecified atom stereocenters. The van der Waals surface area contributed by atoms with Crippen molar-refractivity contribution >= 4 is 15.9 Å². The average Bonchev–Trinajstić information content (AvgIpc) is 3.14. The number of piperidine rings is 1. The van der Waals surface area contributed by atoms with Gasteiger partial charge in [-0.25, -0.2) is 8.42 Å². The highest BCUT2D eigenvalue weighted by Gasteiger charge is 2.35. The Morgan fingerprint density at radius 2 is 2.07 bits per heavy atom. The van der Waals surface area contributed by atoms with Gasteiger partial charge < -0.3 is 10.6 Å². The normalized spacial score (nSPS) is 20.2. The fourth-order valence-electron chi connectivity index (χ4n) is 4.06. The molecule has 29 heavy (non-hydrogen) atoms. The van der Waals surface area contributed by atoms with Crippen LogP contribution in [0.1, 0.15) is 46.4 Å². The van der Waals surface area contributed by atoms with Crippen LogP contribution in [-0.4, -0.2) is 54.5 Å². The molecule has 9 heteroatoms. The van der Waals surface area contributed by atoms with E-state index in [2.05, 4.69) is 20.8 Å². The number of aromatic amines is 1. The van der Waals surface area contributed by atoms with Crippen molar-refractivity contribution in [3.63, 3.8) is 0 Å². The Morgan fingerprint density at radius 3 is 2.83 bits per heavy atom. The number of hydrogen-bond acceptors (Lipinski definition) is 5. The lowest BCUT2D eigenvalue weighted by atomic mass is 10.0. The summed E-state index contributed by atoms with van der Waals surface area (Å²) in [5.74, 6) is -0.403. The van der Waals surface area contributed by atoms with Crippen molar-refractivity contribution in [3.8, 4) is 0 Å². The van der Waals surface area contributed by atoms with Gasteiger partial charge >= 0.3 is 0 Å². The van der Waals surface area contributed by atoms with Crippen LogP contribution in [0.2, 0.25) is 0 Å². The molecule has 2 aliphatic rings. The smallest absolute Gasteiger partial charge is 0.263 e. The summed E-state index contributed by atoms with van der Waals surface area (Å²) < 4.78 is 28.0. The molecule has 1 aromatic carbocycles. The zero-order valence-electron chi connectivity index (χ0n) is 16.6. The zero-order valence-corrected chi connectivity index (χ0v) is 17.4. The van der Waals surface area contributed by atoms with Crippen LogP contribution >= 0.6 is 0 Å². The molecule has 2 aliphatic heterocycles. The highest BCUT2D eigenvalue weighted by molar-refractivity contribution is 7.89. The molecule has 0 aliphatic carbocycles. The van der Waals surface area contributed by atoms with Gasteiger partial charge in [0.1, 0.15) is 5.56 Å². The summed E-state index contributed by atoms with van der Waals surface area (Å²) in [6.07, 6.45) is 3.93. The van der Waals surface area contributed by atoms with Crippen LogP contribution in [0.4, 0.5) is 0 Å². The molecule has 3 N–H and O–H groups in total. The van der Waals surface area contributed by atoms with E-state index in [1.807, 2.05) is 24.3 Å². The van der Waals surface area contributed by atoms with E-state index in [0.717, 1.165) is 36.9 Å². The number of fused-ring (bicyclic) bond motifs is 1. The van der Waals surface area contributed by atoms with Crippen LogP contribution in [0.25, 0.3) is 0 Å². The maximum Gasteiger partial charge on any atom is 0.263 e. The number of rotatable bonds is 5. The number of hydrogen-bond donors (Lipinski definition) is 3. The molecule has 2 aromatic rings. The number of benzene rings is 1. The summed E-state index contributed by atoms with van der Waals surface area (Å²) >= 11 is 0. The van der Waals surface area contributed by atoms with Crippen molar-refractivity contribution in [2.24, 2.45) is 0 Å². The molecule has 0 saturated carbocycles. The fraction of sp³-hybridized carbons (Fsp3) is 0.500. The Morgan fingerprint density at radius 1 is 1.28 bits per heavy atom. The first-order valence-electron chi connectivity index (χ1n) is 10.1. The zero-order chi connectivity index (χ0) is 20.4. The molecule has 1 aromatic heterocycles. The van der Waals surface area contributed by atoms with E-state index in [9.17, 15) is 13.2 Å². The molecule has 3 heterocycles. The van der Waals surface area contributed by atoms with Crippen LogP contribution in [0.3, 0.4) is 0 Å². The number of sulfonamides is 1. The second-order valence-corrected chi connectivity index (χ2v) is 9.60. The minimum absolute atomic E-state index is 0.111. The summed E-state index contributed by atoms with van der Waals surface area (Å²) in [5, 5.41) is 12.8. The van der Waals surface area contributed by atoms with Crippen LogP contribution in [0, 0.1) is 6.92 Å². The van der Waals surface area contributed by atoms with Crippen molar-refractivity contribution in [3.05, 3.63) is 46.6 Å². The molecular weight excluding hydrogens is 390 g/mol. The highest BCUT2D eigenvalue weighted by Crippen LogP contribution is 2.26. The number of H-pyrrole nitrogens is 1. The minimum Gasteiger partial charge on any atom is -0.350 e. The summed E-state index contributed by atoms with van der Waals surface area (Å²) in [5.41, 5.74) is 2.72. The van der Waals surface area contributed by atoms with Crippen molar-refractivity contribution in [1.29, 1.82) is 0 Å². The van der Waals surface area contributed by atoms with Gasteiger partial charge in [0.15, 0.2) is 0 Å². The summed E-state index contributed by atoms with van der Waals surface area (Å²) in [4.78, 5) is 12.8. The summed E-state index contributed by atoms with van der Waals surface area (Å²) in [6.45, 7) is 3.75. The van der Waals surface area contributed by atoms with Crippen LogP contribution in [0.5, 0.6) is 0 Å². The number of nitrogens with one attached hydrogen (secondary N) is 3. The van der Waals surface area contributed by atoms with E-state index < -0.39 is 15.9 Å². The SMILES string of the molecule is Cc1[nH]nc(S(=O)(=O)N2CCc3ccccc3C2)c1C(=O)NC[C@H]1CCCCN1. The van der Waals surface area contributed by atoms with Gasteiger partial charge in [-0.15, -0.1) is 0 Å². The number of aryl methyl sites for hydroxylation is 1. The maximum atomic E-state index is 13.3. The Bertz CT molecular complexity index is 995. The molecule has 1 fully saturated rings. The van der Waals surface area contributed by atoms with E-state index in [1.54, 1.807) is 6.92 Å². The molecule has 4 rings (SSSR count). The first-order valence-corrected chi connectivity index (χ1v) is 11.5. The Balaban J connectivity index is 1.53. The second-order valence-electron chi connectivity index (χ2n) is 7.74. The monoisotopic (exact) mass is 417 g/mol. The second kappa shape index (κ2) is 8.25. The van der Waals surface area contributed by atoms with Gasteiger partial charge in [-0.2, -0.15) is 9.40 Å². The highest BCUT2D eigenvalue weighted by atomic mass is 32.2. The molecular formula is C20H27N5O3S. The third-order valence-corrected chi connectivity index (χ3v) is 7.52. The van der Waals surface area contributed by atoms with Crippen molar-refractivity contribution in [1.82, 2.24) is 25.1 Å². The predicted octanol–water partition coefficient (Wildman–Crippen LogP) is 1.34.